The molecule has 1 aliphatic rings. The second kappa shape index (κ2) is 35.6. The first-order valence-corrected chi connectivity index (χ1v) is 24.2. The van der Waals surface area contributed by atoms with Gasteiger partial charge in [0.2, 0.25) is 0 Å². The molecular weight excluding hydrogens is 765 g/mol. The Hall–Kier alpha value is -2.13. The highest BCUT2D eigenvalue weighted by atomic mass is 32.2. The normalized spacial score (nSPS) is 20.7. The van der Waals surface area contributed by atoms with E-state index in [1.165, 1.54) is 96.3 Å². The van der Waals surface area contributed by atoms with Crippen molar-refractivity contribution in [3.05, 3.63) is 36.5 Å². The van der Waals surface area contributed by atoms with E-state index in [-0.39, 0.29) is 19.4 Å². The minimum Gasteiger partial charge on any atom is -0.462 e. The summed E-state index contributed by atoms with van der Waals surface area (Å²) in [4.78, 5) is 25.3. The Morgan fingerprint density at radius 1 is 0.586 bits per heavy atom. The Morgan fingerprint density at radius 2 is 1.05 bits per heavy atom. The van der Waals surface area contributed by atoms with Gasteiger partial charge in [-0.3, -0.25) is 14.1 Å². The monoisotopic (exact) mass is 845 g/mol. The topological polar surface area (TPSA) is 186 Å². The van der Waals surface area contributed by atoms with Gasteiger partial charge in [0.1, 0.15) is 36.8 Å². The average Bonchev–Trinajstić information content (AvgIpc) is 3.18. The number of aliphatic hydroxyl groups excluding tert-OH is 3. The number of aliphatic hydroxyl groups is 3. The molecule has 0 bridgehead atoms. The van der Waals surface area contributed by atoms with Crippen molar-refractivity contribution < 1.29 is 56.8 Å². The summed E-state index contributed by atoms with van der Waals surface area (Å²) in [6.45, 7) is 3.70. The van der Waals surface area contributed by atoms with Gasteiger partial charge in [0.05, 0.1) is 6.61 Å². The van der Waals surface area contributed by atoms with Crippen LogP contribution in [0.4, 0.5) is 0 Å². The van der Waals surface area contributed by atoms with Crippen molar-refractivity contribution in [1.29, 1.82) is 0 Å². The highest BCUT2D eigenvalue weighted by Crippen LogP contribution is 2.24. The van der Waals surface area contributed by atoms with Crippen molar-refractivity contribution in [2.45, 2.75) is 218 Å². The molecule has 338 valence electrons. The first-order valence-electron chi connectivity index (χ1n) is 22.5. The van der Waals surface area contributed by atoms with Crippen LogP contribution in [0.15, 0.2) is 36.5 Å². The molecule has 0 aromatic heterocycles. The van der Waals surface area contributed by atoms with Crippen LogP contribution >= 0.6 is 0 Å². The van der Waals surface area contributed by atoms with Crippen molar-refractivity contribution >= 4 is 22.1 Å². The highest BCUT2D eigenvalue weighted by molar-refractivity contribution is 7.85. The molecule has 0 aromatic carbocycles. The third-order valence-corrected chi connectivity index (χ3v) is 11.0. The molecule has 2 unspecified atom stereocenters. The van der Waals surface area contributed by atoms with E-state index in [1.54, 1.807) is 0 Å². The molecular formula is C45H80O12S. The largest absolute Gasteiger partial charge is 0.462 e. The summed E-state index contributed by atoms with van der Waals surface area (Å²) in [5.74, 6) is -2.05. The van der Waals surface area contributed by atoms with Gasteiger partial charge in [-0.05, 0) is 44.9 Å². The summed E-state index contributed by atoms with van der Waals surface area (Å²) in [5.41, 5.74) is 0. The number of esters is 2. The first kappa shape index (κ1) is 53.9. The van der Waals surface area contributed by atoms with E-state index in [1.807, 2.05) is 6.08 Å². The summed E-state index contributed by atoms with van der Waals surface area (Å²) in [6, 6.07) is 0. The van der Waals surface area contributed by atoms with Crippen LogP contribution in [0.2, 0.25) is 0 Å². The maximum absolute atomic E-state index is 12.8. The summed E-state index contributed by atoms with van der Waals surface area (Å²) < 4.78 is 54.0. The Bertz CT molecular complexity index is 1220. The van der Waals surface area contributed by atoms with Crippen LogP contribution in [0, 0.1) is 0 Å². The minimum atomic E-state index is -4.60. The van der Waals surface area contributed by atoms with Gasteiger partial charge in [-0.2, -0.15) is 8.42 Å². The van der Waals surface area contributed by atoms with Crippen LogP contribution < -0.4 is 0 Å². The zero-order chi connectivity index (χ0) is 42.7. The van der Waals surface area contributed by atoms with E-state index < -0.39 is 71.2 Å². The zero-order valence-corrected chi connectivity index (χ0v) is 36.7. The van der Waals surface area contributed by atoms with Gasteiger partial charge in [0.15, 0.2) is 12.4 Å². The van der Waals surface area contributed by atoms with E-state index in [2.05, 4.69) is 44.2 Å². The smallest absolute Gasteiger partial charge is 0.306 e. The predicted molar refractivity (Wildman–Crippen MR) is 229 cm³/mol. The lowest BCUT2D eigenvalue weighted by molar-refractivity contribution is -0.297. The molecule has 58 heavy (non-hydrogen) atoms. The van der Waals surface area contributed by atoms with Crippen molar-refractivity contribution in [2.75, 3.05) is 19.0 Å². The molecule has 1 aliphatic heterocycles. The second-order valence-corrected chi connectivity index (χ2v) is 17.2. The molecule has 13 heteroatoms. The number of unbranched alkanes of at least 4 members (excludes halogenated alkanes) is 19. The first-order chi connectivity index (χ1) is 28.0. The predicted octanol–water partition coefficient (Wildman–Crippen LogP) is 9.00. The van der Waals surface area contributed by atoms with Gasteiger partial charge in [0, 0.05) is 12.8 Å². The third kappa shape index (κ3) is 30.0. The SMILES string of the molecule is CCCCCCCC/C=C/C/C=C/C/C=C/CCCC(=O)OC[C@H](CO[C@H]1O[C@H](CS(=O)(=O)O)[C@@H](O)C(O)C1O)OC(=O)CCCCCCCCCCCCCCC. The lowest BCUT2D eigenvalue weighted by Gasteiger charge is -2.40. The standard InChI is InChI=1S/C45H80O12S/c1-3-5-7-9-11-13-15-17-18-19-20-22-23-25-27-29-31-33-40(46)54-35-38(36-55-45-44(50)43(49)42(48)39(57-45)37-58(51,52)53)56-41(47)34-32-30-28-26-24-21-16-14-12-10-8-6-4-2/h17-18,20,22,25,27,38-39,42-45,48-50H,3-16,19,21,23-24,26,28-37H2,1-2H3,(H,51,52,53)/b18-17+,22-20+,27-25+/t38-,39-,42-,43?,44?,45+/m1/s1. The fraction of sp³-hybridized carbons (Fsp3) is 0.822. The quantitative estimate of drug-likeness (QED) is 0.0202. The summed E-state index contributed by atoms with van der Waals surface area (Å²) in [6.07, 6.45) is 30.5. The van der Waals surface area contributed by atoms with Gasteiger partial charge >= 0.3 is 11.9 Å². The maximum atomic E-state index is 12.8. The molecule has 1 saturated heterocycles. The molecule has 0 radical (unpaired) electrons. The average molecular weight is 845 g/mol. The fourth-order valence-electron chi connectivity index (χ4n) is 6.69. The van der Waals surface area contributed by atoms with Gasteiger partial charge in [0.25, 0.3) is 10.1 Å². The molecule has 12 nitrogen and oxygen atoms in total. The van der Waals surface area contributed by atoms with Crippen molar-refractivity contribution in [2.24, 2.45) is 0 Å². The summed E-state index contributed by atoms with van der Waals surface area (Å²) >= 11 is 0. The van der Waals surface area contributed by atoms with Crippen LogP contribution in [0.5, 0.6) is 0 Å². The Kier molecular flexibility index (Phi) is 33.1. The minimum absolute atomic E-state index is 0.149. The van der Waals surface area contributed by atoms with Gasteiger partial charge in [-0.25, -0.2) is 0 Å². The summed E-state index contributed by atoms with van der Waals surface area (Å²) in [5, 5.41) is 30.8. The molecule has 1 rings (SSSR count). The number of hydrogen-bond donors (Lipinski definition) is 4. The van der Waals surface area contributed by atoms with Gasteiger partial charge in [-0.1, -0.05) is 159 Å². The number of hydrogen-bond acceptors (Lipinski definition) is 11. The molecule has 0 amide bonds. The maximum Gasteiger partial charge on any atom is 0.306 e. The van der Waals surface area contributed by atoms with Crippen molar-refractivity contribution in [3.8, 4) is 0 Å². The molecule has 0 aliphatic carbocycles. The van der Waals surface area contributed by atoms with Gasteiger partial charge < -0.3 is 34.3 Å². The number of allylic oxidation sites excluding steroid dienone is 6. The number of ether oxygens (including phenoxy) is 4. The van der Waals surface area contributed by atoms with Crippen LogP contribution in [-0.2, 0) is 38.7 Å². The number of carbonyl (C=O) groups is 2. The molecule has 6 atom stereocenters. The lowest BCUT2D eigenvalue weighted by atomic mass is 10.00. The van der Waals surface area contributed by atoms with Gasteiger partial charge in [-0.15, -0.1) is 0 Å². The highest BCUT2D eigenvalue weighted by Gasteiger charge is 2.46. The van der Waals surface area contributed by atoms with E-state index in [0.717, 1.165) is 38.5 Å². The molecule has 0 spiro atoms. The molecule has 1 heterocycles. The van der Waals surface area contributed by atoms with Crippen LogP contribution in [-0.4, -0.2) is 96.0 Å². The van der Waals surface area contributed by atoms with E-state index in [4.69, 9.17) is 18.9 Å². The molecule has 4 N–H and O–H groups in total. The number of carbonyl (C=O) groups excluding carboxylic acids is 2. The molecule has 0 saturated carbocycles. The van der Waals surface area contributed by atoms with Crippen LogP contribution in [0.3, 0.4) is 0 Å². The lowest BCUT2D eigenvalue weighted by Crippen LogP contribution is -2.60. The van der Waals surface area contributed by atoms with E-state index in [9.17, 15) is 37.9 Å². The van der Waals surface area contributed by atoms with Crippen LogP contribution in [0.25, 0.3) is 0 Å². The molecule has 1 fully saturated rings. The second-order valence-electron chi connectivity index (χ2n) is 15.7. The summed E-state index contributed by atoms with van der Waals surface area (Å²) in [7, 11) is -4.60. The Labute approximate surface area is 351 Å². The molecule has 0 aromatic rings. The zero-order valence-electron chi connectivity index (χ0n) is 35.9. The van der Waals surface area contributed by atoms with Crippen molar-refractivity contribution in [1.82, 2.24) is 0 Å². The van der Waals surface area contributed by atoms with E-state index >= 15 is 0 Å². The third-order valence-electron chi connectivity index (χ3n) is 10.2. The number of rotatable bonds is 37. The van der Waals surface area contributed by atoms with Crippen LogP contribution in [0.1, 0.15) is 181 Å². The Morgan fingerprint density at radius 3 is 1.59 bits per heavy atom. The van der Waals surface area contributed by atoms with Crippen molar-refractivity contribution in [3.63, 3.8) is 0 Å². The van der Waals surface area contributed by atoms with E-state index in [0.29, 0.717) is 19.3 Å². The fourth-order valence-corrected chi connectivity index (χ4v) is 7.38. The Balaban J connectivity index is 2.48.